The average Bonchev–Trinajstić information content (AvgIpc) is 3.02. The van der Waals surface area contributed by atoms with Gasteiger partial charge in [-0.1, -0.05) is 31.4 Å². The number of anilines is 2. The van der Waals surface area contributed by atoms with Crippen molar-refractivity contribution in [1.82, 2.24) is 5.32 Å². The molecule has 5 nitrogen and oxygen atoms in total. The van der Waals surface area contributed by atoms with E-state index in [1.165, 1.54) is 32.1 Å². The van der Waals surface area contributed by atoms with Crippen LogP contribution in [0.4, 0.5) is 11.4 Å². The molecule has 1 aliphatic carbocycles. The number of carbonyl (C=O) groups is 2. The van der Waals surface area contributed by atoms with Crippen LogP contribution in [0, 0.1) is 11.8 Å². The highest BCUT2D eigenvalue weighted by Crippen LogP contribution is 2.27. The zero-order chi connectivity index (χ0) is 16.1. The van der Waals surface area contributed by atoms with Gasteiger partial charge in [0.2, 0.25) is 11.8 Å². The second kappa shape index (κ2) is 7.49. The highest BCUT2D eigenvalue weighted by molar-refractivity contribution is 5.99. The first-order valence-electron chi connectivity index (χ1n) is 8.63. The number of hydrogen-bond acceptors (Lipinski definition) is 3. The minimum atomic E-state index is -0.270. The summed E-state index contributed by atoms with van der Waals surface area (Å²) in [6.07, 6.45) is 6.87. The fraction of sp³-hybridized carbons (Fsp3) is 0.556. The number of nitrogens with one attached hydrogen (secondary N) is 3. The van der Waals surface area contributed by atoms with Crippen LogP contribution in [0.25, 0.3) is 0 Å². The third kappa shape index (κ3) is 4.24. The van der Waals surface area contributed by atoms with Crippen molar-refractivity contribution in [1.29, 1.82) is 0 Å². The number of amides is 2. The molecule has 1 saturated heterocycles. The summed E-state index contributed by atoms with van der Waals surface area (Å²) in [7, 11) is 0. The van der Waals surface area contributed by atoms with E-state index in [1.54, 1.807) is 0 Å². The van der Waals surface area contributed by atoms with Crippen LogP contribution in [0.1, 0.15) is 38.5 Å². The second-order valence-corrected chi connectivity index (χ2v) is 6.62. The number of carbonyl (C=O) groups excluding carboxylic acids is 2. The van der Waals surface area contributed by atoms with Gasteiger partial charge < -0.3 is 16.0 Å². The van der Waals surface area contributed by atoms with Gasteiger partial charge in [-0.05, 0) is 30.9 Å². The van der Waals surface area contributed by atoms with Gasteiger partial charge in [0.1, 0.15) is 0 Å². The minimum Gasteiger partial charge on any atom is -0.383 e. The van der Waals surface area contributed by atoms with Gasteiger partial charge in [-0.3, -0.25) is 9.59 Å². The lowest BCUT2D eigenvalue weighted by molar-refractivity contribution is -0.123. The Balaban J connectivity index is 1.58. The van der Waals surface area contributed by atoms with Gasteiger partial charge in [0, 0.05) is 19.5 Å². The molecule has 23 heavy (non-hydrogen) atoms. The summed E-state index contributed by atoms with van der Waals surface area (Å²) in [6, 6.07) is 7.79. The Labute approximate surface area is 137 Å². The van der Waals surface area contributed by atoms with Crippen molar-refractivity contribution in [3.05, 3.63) is 24.3 Å². The summed E-state index contributed by atoms with van der Waals surface area (Å²) in [5, 5.41) is 9.16. The van der Waals surface area contributed by atoms with E-state index in [0.29, 0.717) is 6.54 Å². The van der Waals surface area contributed by atoms with Crippen molar-refractivity contribution in [3.63, 3.8) is 0 Å². The molecule has 124 valence electrons. The molecule has 2 amide bonds. The van der Waals surface area contributed by atoms with E-state index >= 15 is 0 Å². The van der Waals surface area contributed by atoms with Gasteiger partial charge in [0.25, 0.3) is 0 Å². The van der Waals surface area contributed by atoms with E-state index in [4.69, 9.17) is 0 Å². The van der Waals surface area contributed by atoms with Crippen molar-refractivity contribution in [2.24, 2.45) is 11.8 Å². The molecule has 2 fully saturated rings. The van der Waals surface area contributed by atoms with Gasteiger partial charge in [0.15, 0.2) is 0 Å². The fourth-order valence-corrected chi connectivity index (χ4v) is 3.42. The molecule has 2 aliphatic rings. The first-order chi connectivity index (χ1) is 11.2. The number of para-hydroxylation sites is 2. The first-order valence-corrected chi connectivity index (χ1v) is 8.63. The molecule has 1 saturated carbocycles. The Morgan fingerprint density at radius 3 is 2.57 bits per heavy atom. The highest BCUT2D eigenvalue weighted by atomic mass is 16.2. The van der Waals surface area contributed by atoms with E-state index in [0.717, 1.165) is 23.8 Å². The molecular formula is C18H25N3O2. The maximum Gasteiger partial charge on any atom is 0.229 e. The lowest BCUT2D eigenvalue weighted by atomic mass is 9.89. The van der Waals surface area contributed by atoms with Gasteiger partial charge >= 0.3 is 0 Å². The Hall–Kier alpha value is -2.04. The molecule has 1 heterocycles. The summed E-state index contributed by atoms with van der Waals surface area (Å²) >= 11 is 0. The van der Waals surface area contributed by atoms with Crippen molar-refractivity contribution < 1.29 is 9.59 Å². The topological polar surface area (TPSA) is 70.2 Å². The number of benzene rings is 1. The summed E-state index contributed by atoms with van der Waals surface area (Å²) in [5.41, 5.74) is 1.76. The van der Waals surface area contributed by atoms with Crippen LogP contribution in [0.3, 0.4) is 0 Å². The number of rotatable bonds is 5. The molecule has 1 aliphatic heterocycles. The summed E-state index contributed by atoms with van der Waals surface area (Å²) < 4.78 is 0. The standard InChI is InChI=1S/C18H25N3O2/c22-17-10-14(12-20-17)18(23)21-16-9-5-4-8-15(16)19-11-13-6-2-1-3-7-13/h4-5,8-9,13-14,19H,1-3,6-7,10-12H2,(H,20,22)(H,21,23)/t14-/m0/s1. The molecule has 0 spiro atoms. The van der Waals surface area contributed by atoms with Crippen LogP contribution < -0.4 is 16.0 Å². The van der Waals surface area contributed by atoms with Crippen molar-refractivity contribution in [2.75, 3.05) is 23.7 Å². The molecule has 0 unspecified atom stereocenters. The minimum absolute atomic E-state index is 0.0474. The maximum atomic E-state index is 12.3. The van der Waals surface area contributed by atoms with Crippen LogP contribution >= 0.6 is 0 Å². The zero-order valence-corrected chi connectivity index (χ0v) is 13.4. The largest absolute Gasteiger partial charge is 0.383 e. The fourth-order valence-electron chi connectivity index (χ4n) is 3.42. The van der Waals surface area contributed by atoms with Crippen LogP contribution in [-0.2, 0) is 9.59 Å². The molecule has 3 rings (SSSR count). The third-order valence-electron chi connectivity index (χ3n) is 4.84. The third-order valence-corrected chi connectivity index (χ3v) is 4.84. The van der Waals surface area contributed by atoms with Crippen LogP contribution in [-0.4, -0.2) is 24.9 Å². The average molecular weight is 315 g/mol. The lowest BCUT2D eigenvalue weighted by Crippen LogP contribution is -2.25. The predicted octanol–water partition coefficient (Wildman–Crippen LogP) is 2.75. The Kier molecular flexibility index (Phi) is 5.16. The van der Waals surface area contributed by atoms with Gasteiger partial charge in [-0.2, -0.15) is 0 Å². The Morgan fingerprint density at radius 1 is 1.13 bits per heavy atom. The predicted molar refractivity (Wildman–Crippen MR) is 91.3 cm³/mol. The second-order valence-electron chi connectivity index (χ2n) is 6.62. The van der Waals surface area contributed by atoms with Crippen molar-refractivity contribution >= 4 is 23.2 Å². The van der Waals surface area contributed by atoms with Crippen LogP contribution in [0.5, 0.6) is 0 Å². The van der Waals surface area contributed by atoms with E-state index in [1.807, 2.05) is 24.3 Å². The SMILES string of the molecule is O=C1C[C@H](C(=O)Nc2ccccc2NCC2CCCCC2)CN1. The molecule has 1 aromatic carbocycles. The van der Waals surface area contributed by atoms with E-state index in [2.05, 4.69) is 16.0 Å². The summed E-state index contributed by atoms with van der Waals surface area (Å²) in [4.78, 5) is 23.5. The van der Waals surface area contributed by atoms with Crippen molar-refractivity contribution in [3.8, 4) is 0 Å². The van der Waals surface area contributed by atoms with Crippen LogP contribution in [0.15, 0.2) is 24.3 Å². The summed E-state index contributed by atoms with van der Waals surface area (Å²) in [6.45, 7) is 1.39. The lowest BCUT2D eigenvalue weighted by Gasteiger charge is -2.23. The monoisotopic (exact) mass is 315 g/mol. The molecule has 5 heteroatoms. The summed E-state index contributed by atoms with van der Waals surface area (Å²) in [5.74, 6) is 0.321. The number of hydrogen-bond donors (Lipinski definition) is 3. The van der Waals surface area contributed by atoms with Gasteiger partial charge in [-0.25, -0.2) is 0 Å². The Morgan fingerprint density at radius 2 is 1.87 bits per heavy atom. The van der Waals surface area contributed by atoms with E-state index < -0.39 is 0 Å². The zero-order valence-electron chi connectivity index (χ0n) is 13.4. The molecule has 1 aromatic rings. The van der Waals surface area contributed by atoms with Crippen molar-refractivity contribution in [2.45, 2.75) is 38.5 Å². The highest BCUT2D eigenvalue weighted by Gasteiger charge is 2.28. The van der Waals surface area contributed by atoms with Gasteiger partial charge in [-0.15, -0.1) is 0 Å². The maximum absolute atomic E-state index is 12.3. The van der Waals surface area contributed by atoms with Gasteiger partial charge in [0.05, 0.1) is 17.3 Å². The van der Waals surface area contributed by atoms with E-state index in [-0.39, 0.29) is 24.2 Å². The molecule has 1 atom stereocenters. The normalized spacial score (nSPS) is 21.7. The molecule has 0 radical (unpaired) electrons. The first kappa shape index (κ1) is 15.8. The quantitative estimate of drug-likeness (QED) is 0.782. The smallest absolute Gasteiger partial charge is 0.229 e. The molecular weight excluding hydrogens is 290 g/mol. The molecule has 3 N–H and O–H groups in total. The molecule has 0 aromatic heterocycles. The molecule has 0 bridgehead atoms. The van der Waals surface area contributed by atoms with E-state index in [9.17, 15) is 9.59 Å². The Bertz CT molecular complexity index is 567. The van der Waals surface area contributed by atoms with Crippen LogP contribution in [0.2, 0.25) is 0 Å².